The van der Waals surface area contributed by atoms with Gasteiger partial charge < -0.3 is 24.6 Å². The van der Waals surface area contributed by atoms with Crippen molar-refractivity contribution >= 4 is 29.0 Å². The number of nitrogens with zero attached hydrogens (tertiary/aromatic N) is 3. The molecule has 37 heavy (non-hydrogen) atoms. The summed E-state index contributed by atoms with van der Waals surface area (Å²) in [5.74, 6) is 1.79. The molecule has 2 fully saturated rings. The maximum Gasteiger partial charge on any atom is 0.412 e. The first-order chi connectivity index (χ1) is 17.9. The second-order valence-electron chi connectivity index (χ2n) is 10.1. The summed E-state index contributed by atoms with van der Waals surface area (Å²) in [6.45, 7) is 6.32. The molecule has 1 N–H and O–H groups in total. The van der Waals surface area contributed by atoms with E-state index in [1.165, 1.54) is 0 Å². The van der Waals surface area contributed by atoms with Crippen molar-refractivity contribution in [3.05, 3.63) is 58.7 Å². The van der Waals surface area contributed by atoms with Crippen molar-refractivity contribution in [1.82, 2.24) is 15.2 Å². The minimum Gasteiger partial charge on any atom is -0.486 e. The Balaban J connectivity index is 1.16. The van der Waals surface area contributed by atoms with Crippen molar-refractivity contribution in [1.29, 1.82) is 0 Å². The molecule has 192 valence electrons. The van der Waals surface area contributed by atoms with Gasteiger partial charge in [-0.1, -0.05) is 35.9 Å². The Hall–Kier alpha value is -3.59. The highest BCUT2D eigenvalue weighted by Crippen LogP contribution is 2.50. The van der Waals surface area contributed by atoms with E-state index < -0.39 is 6.09 Å². The number of ether oxygens (including phenoxy) is 2. The molecule has 0 unspecified atom stereocenters. The van der Waals surface area contributed by atoms with Gasteiger partial charge >= 0.3 is 6.09 Å². The van der Waals surface area contributed by atoms with Crippen LogP contribution in [-0.4, -0.2) is 61.2 Å². The summed E-state index contributed by atoms with van der Waals surface area (Å²) in [7, 11) is 1.98. The van der Waals surface area contributed by atoms with Gasteiger partial charge in [-0.05, 0) is 49.8 Å². The molecule has 0 radical (unpaired) electrons. The van der Waals surface area contributed by atoms with Crippen LogP contribution in [0.15, 0.2) is 42.5 Å². The molecule has 9 heteroatoms. The van der Waals surface area contributed by atoms with Crippen molar-refractivity contribution < 1.29 is 19.1 Å². The van der Waals surface area contributed by atoms with Gasteiger partial charge in [-0.15, -0.1) is 11.3 Å². The molecule has 1 aromatic heterocycles. The lowest BCUT2D eigenvalue weighted by molar-refractivity contribution is 0.0700. The fourth-order valence-corrected chi connectivity index (χ4v) is 6.42. The number of carbonyl (C=O) groups excluding carboxylic acids is 2. The average Bonchev–Trinajstić information content (AvgIpc) is 3.39. The van der Waals surface area contributed by atoms with E-state index in [1.807, 2.05) is 56.1 Å². The van der Waals surface area contributed by atoms with E-state index in [0.29, 0.717) is 48.7 Å². The normalized spacial score (nSPS) is 21.6. The van der Waals surface area contributed by atoms with E-state index in [-0.39, 0.29) is 11.9 Å². The van der Waals surface area contributed by atoms with Crippen LogP contribution in [0.25, 0.3) is 10.4 Å². The van der Waals surface area contributed by atoms with Gasteiger partial charge in [0.15, 0.2) is 11.5 Å². The fraction of sp³-hybridized carbons (Fsp3) is 0.393. The maximum absolute atomic E-state index is 13.7. The lowest BCUT2D eigenvalue weighted by Gasteiger charge is -2.29. The van der Waals surface area contributed by atoms with Crippen molar-refractivity contribution in [2.24, 2.45) is 11.8 Å². The molecule has 2 aromatic carbocycles. The van der Waals surface area contributed by atoms with E-state index in [1.54, 1.807) is 17.4 Å². The molecule has 0 bridgehead atoms. The van der Waals surface area contributed by atoms with Crippen molar-refractivity contribution in [3.8, 4) is 21.9 Å². The van der Waals surface area contributed by atoms with Crippen LogP contribution >= 0.6 is 11.3 Å². The summed E-state index contributed by atoms with van der Waals surface area (Å²) in [5.41, 5.74) is 3.55. The molecule has 2 amide bonds. The van der Waals surface area contributed by atoms with Gasteiger partial charge in [0.25, 0.3) is 5.91 Å². The third-order valence-electron chi connectivity index (χ3n) is 7.48. The molecule has 6 rings (SSSR count). The molecule has 8 nitrogen and oxygen atoms in total. The number of aromatic nitrogens is 1. The lowest BCUT2D eigenvalue weighted by Crippen LogP contribution is -2.46. The maximum atomic E-state index is 13.7. The summed E-state index contributed by atoms with van der Waals surface area (Å²) >= 11 is 1.54. The Labute approximate surface area is 220 Å². The highest BCUT2D eigenvalue weighted by molar-refractivity contribution is 7.15. The van der Waals surface area contributed by atoms with Crippen LogP contribution in [0.2, 0.25) is 0 Å². The molecular weight excluding hydrogens is 488 g/mol. The number of likely N-dealkylation sites (N-methyl/N-ethyl adjacent to an activating group) is 1. The van der Waals surface area contributed by atoms with Gasteiger partial charge in [0.05, 0.1) is 28.2 Å². The predicted octanol–water partition coefficient (Wildman–Crippen LogP) is 4.50. The van der Waals surface area contributed by atoms with Crippen LogP contribution in [-0.2, 0) is 0 Å². The number of para-hydroxylation sites is 1. The van der Waals surface area contributed by atoms with E-state index >= 15 is 0 Å². The number of thiazole rings is 1. The molecule has 2 aliphatic heterocycles. The van der Waals surface area contributed by atoms with Crippen LogP contribution in [0.1, 0.15) is 27.5 Å². The number of piperidine rings is 1. The Morgan fingerprint density at radius 1 is 1.22 bits per heavy atom. The number of likely N-dealkylation sites (tertiary alicyclic amines) is 1. The summed E-state index contributed by atoms with van der Waals surface area (Å²) < 4.78 is 11.4. The summed E-state index contributed by atoms with van der Waals surface area (Å²) in [6, 6.07) is 13.6. The Bertz CT molecular complexity index is 1370. The monoisotopic (exact) mass is 518 g/mol. The van der Waals surface area contributed by atoms with Crippen LogP contribution in [0.5, 0.6) is 11.5 Å². The number of aryl methyl sites for hydroxylation is 2. The second-order valence-corrected chi connectivity index (χ2v) is 11.3. The molecule has 3 atom stereocenters. The van der Waals surface area contributed by atoms with Crippen molar-refractivity contribution in [2.45, 2.75) is 26.3 Å². The quantitative estimate of drug-likeness (QED) is 0.535. The topological polar surface area (TPSA) is 84.0 Å². The van der Waals surface area contributed by atoms with E-state index in [4.69, 9.17) is 9.47 Å². The smallest absolute Gasteiger partial charge is 0.412 e. The summed E-state index contributed by atoms with van der Waals surface area (Å²) in [4.78, 5) is 36.0. The van der Waals surface area contributed by atoms with E-state index in [0.717, 1.165) is 39.7 Å². The van der Waals surface area contributed by atoms with Crippen molar-refractivity contribution in [2.75, 3.05) is 38.2 Å². The average molecular weight is 519 g/mol. The van der Waals surface area contributed by atoms with Gasteiger partial charge in [-0.2, -0.15) is 0 Å². The first kappa shape index (κ1) is 23.8. The van der Waals surface area contributed by atoms with Crippen LogP contribution in [0.4, 0.5) is 10.5 Å². The predicted molar refractivity (Wildman–Crippen MR) is 143 cm³/mol. The number of carbonyl (C=O) groups is 2. The largest absolute Gasteiger partial charge is 0.486 e. The molecule has 1 aliphatic carbocycles. The highest BCUT2D eigenvalue weighted by atomic mass is 32.1. The molecule has 3 aliphatic rings. The third-order valence-corrected chi connectivity index (χ3v) is 8.50. The SMILES string of the molecule is Cc1cccc(-c2sc(C)nc2C(=O)N2C[C@@H]3C[C@@H]3[C@H]2CNC(=O)Oc2cccc3c2OCCN3C)c1. The van der Waals surface area contributed by atoms with Crippen molar-refractivity contribution in [3.63, 3.8) is 0 Å². The zero-order valence-corrected chi connectivity index (χ0v) is 22.0. The Kier molecular flexibility index (Phi) is 6.03. The third kappa shape index (κ3) is 4.52. The zero-order valence-electron chi connectivity index (χ0n) is 21.2. The zero-order chi connectivity index (χ0) is 25.7. The van der Waals surface area contributed by atoms with Gasteiger partial charge in [0.1, 0.15) is 12.3 Å². The molecule has 1 saturated heterocycles. The number of benzene rings is 2. The number of fused-ring (bicyclic) bond motifs is 2. The molecule has 3 heterocycles. The van der Waals surface area contributed by atoms with E-state index in [9.17, 15) is 9.59 Å². The minimum atomic E-state index is -0.549. The summed E-state index contributed by atoms with van der Waals surface area (Å²) in [5, 5.41) is 3.76. The fourth-order valence-electron chi connectivity index (χ4n) is 5.52. The molecule has 1 saturated carbocycles. The molecular formula is C28H30N4O4S. The molecule has 3 aromatic rings. The van der Waals surface area contributed by atoms with Gasteiger partial charge in [-0.3, -0.25) is 4.79 Å². The van der Waals surface area contributed by atoms with Gasteiger partial charge in [-0.25, -0.2) is 9.78 Å². The molecule has 0 spiro atoms. The van der Waals surface area contributed by atoms with Crippen LogP contribution in [0, 0.1) is 25.7 Å². The second kappa shape index (κ2) is 9.37. The number of hydrogen-bond acceptors (Lipinski definition) is 7. The first-order valence-electron chi connectivity index (χ1n) is 12.7. The number of amides is 2. The number of hydrogen-bond donors (Lipinski definition) is 1. The number of anilines is 1. The van der Waals surface area contributed by atoms with Crippen LogP contribution < -0.4 is 19.7 Å². The lowest BCUT2D eigenvalue weighted by atomic mass is 10.1. The van der Waals surface area contributed by atoms with Gasteiger partial charge in [0.2, 0.25) is 0 Å². The van der Waals surface area contributed by atoms with Crippen LogP contribution in [0.3, 0.4) is 0 Å². The van der Waals surface area contributed by atoms with E-state index in [2.05, 4.69) is 21.3 Å². The minimum absolute atomic E-state index is 0.0678. The highest BCUT2D eigenvalue weighted by Gasteiger charge is 2.54. The standard InChI is InChI=1S/C28H30N4O4S/c1-16-6-4-7-18(12-16)26-24(30-17(2)37-26)27(33)32-15-19-13-20(19)22(32)14-29-28(34)36-23-9-5-8-21-25(23)35-11-10-31(21)3/h4-9,12,19-20,22H,10-11,13-15H2,1-3H3,(H,29,34)/t19-,20-,22+/m0/s1. The Morgan fingerprint density at radius 2 is 2.05 bits per heavy atom. The number of nitrogens with one attached hydrogen (secondary N) is 1. The number of rotatable bonds is 5. The Morgan fingerprint density at radius 3 is 2.89 bits per heavy atom. The summed E-state index contributed by atoms with van der Waals surface area (Å²) in [6.07, 6.45) is 0.532. The van der Waals surface area contributed by atoms with Gasteiger partial charge in [0, 0.05) is 20.1 Å². The first-order valence-corrected chi connectivity index (χ1v) is 13.5.